The van der Waals surface area contributed by atoms with Gasteiger partial charge in [-0.15, -0.1) is 0 Å². The average Bonchev–Trinajstić information content (AvgIpc) is 3.39. The number of rotatable bonds is 5. The third-order valence-corrected chi connectivity index (χ3v) is 6.06. The topological polar surface area (TPSA) is 92.9 Å². The Labute approximate surface area is 199 Å². The van der Waals surface area contributed by atoms with Crippen LogP contribution in [0.1, 0.15) is 27.7 Å². The van der Waals surface area contributed by atoms with Gasteiger partial charge in [0.15, 0.2) is 22.9 Å². The Morgan fingerprint density at radius 3 is 2.71 bits per heavy atom. The number of ether oxygens (including phenoxy) is 1. The zero-order valence-electron chi connectivity index (χ0n) is 18.3. The lowest BCUT2D eigenvalue weighted by molar-refractivity contribution is -0.117. The molecule has 8 heteroatoms. The Kier molecular flexibility index (Phi) is 5.34. The maximum absolute atomic E-state index is 13.7. The molecule has 170 valence electrons. The van der Waals surface area contributed by atoms with Gasteiger partial charge >= 0.3 is 0 Å². The molecule has 0 bridgehead atoms. The highest BCUT2D eigenvalue weighted by Gasteiger charge is 2.46. The van der Waals surface area contributed by atoms with E-state index >= 15 is 0 Å². The maximum atomic E-state index is 13.7. The van der Waals surface area contributed by atoms with Gasteiger partial charge in [-0.1, -0.05) is 29.8 Å². The van der Waals surface area contributed by atoms with E-state index < -0.39 is 23.5 Å². The standard InChI is InChI=1S/C26H19ClN2O5/c1-14-11-17(27)8-9-18(14)29-22(16-6-4-10-28-13-16)21(24(31)26(29)32)23(30)20-12-15-5-3-7-19(33-2)25(15)34-20/h3-13,22,31H,1-2H3. The summed E-state index contributed by atoms with van der Waals surface area (Å²) in [6, 6.07) is 14.5. The van der Waals surface area contributed by atoms with Crippen molar-refractivity contribution < 1.29 is 23.8 Å². The maximum Gasteiger partial charge on any atom is 0.294 e. The predicted molar refractivity (Wildman–Crippen MR) is 127 cm³/mol. The van der Waals surface area contributed by atoms with Gasteiger partial charge in [-0.25, -0.2) is 0 Å². The number of carbonyl (C=O) groups excluding carboxylic acids is 2. The van der Waals surface area contributed by atoms with E-state index in [1.807, 2.05) is 0 Å². The number of aromatic nitrogens is 1. The number of halogens is 1. The molecule has 0 spiro atoms. The molecule has 0 radical (unpaired) electrons. The summed E-state index contributed by atoms with van der Waals surface area (Å²) in [5, 5.41) is 12.1. The number of aliphatic hydroxyl groups excluding tert-OH is 1. The number of fused-ring (bicyclic) bond motifs is 1. The first-order chi connectivity index (χ1) is 16.4. The van der Waals surface area contributed by atoms with Crippen LogP contribution in [0.25, 0.3) is 11.0 Å². The number of aryl methyl sites for hydroxylation is 1. The molecule has 7 nitrogen and oxygen atoms in total. The molecule has 0 saturated heterocycles. The van der Waals surface area contributed by atoms with E-state index in [1.54, 1.807) is 73.9 Å². The Hall–Kier alpha value is -4.10. The highest BCUT2D eigenvalue weighted by Crippen LogP contribution is 2.43. The fourth-order valence-corrected chi connectivity index (χ4v) is 4.50. The fourth-order valence-electron chi connectivity index (χ4n) is 4.27. The van der Waals surface area contributed by atoms with Crippen LogP contribution in [0.15, 0.2) is 82.7 Å². The number of methoxy groups -OCH3 is 1. The van der Waals surface area contributed by atoms with Crippen LogP contribution < -0.4 is 9.64 Å². The minimum atomic E-state index is -0.913. The highest BCUT2D eigenvalue weighted by molar-refractivity contribution is 6.30. The second-order valence-corrected chi connectivity index (χ2v) is 8.31. The van der Waals surface area contributed by atoms with Crippen LogP contribution in [0.5, 0.6) is 5.75 Å². The second-order valence-electron chi connectivity index (χ2n) is 7.88. The molecule has 3 heterocycles. The van der Waals surface area contributed by atoms with Gasteiger partial charge in [0, 0.05) is 28.5 Å². The summed E-state index contributed by atoms with van der Waals surface area (Å²) in [5.41, 5.74) is 2.10. The monoisotopic (exact) mass is 474 g/mol. The summed E-state index contributed by atoms with van der Waals surface area (Å²) < 4.78 is 11.2. The summed E-state index contributed by atoms with van der Waals surface area (Å²) in [6.07, 6.45) is 3.15. The Bertz CT molecular complexity index is 1480. The largest absolute Gasteiger partial charge is 0.503 e. The van der Waals surface area contributed by atoms with Crippen LogP contribution in [-0.4, -0.2) is 28.9 Å². The summed E-state index contributed by atoms with van der Waals surface area (Å²) in [4.78, 5) is 32.5. The lowest BCUT2D eigenvalue weighted by atomic mass is 9.95. The van der Waals surface area contributed by atoms with E-state index in [-0.39, 0.29) is 11.3 Å². The molecule has 1 amide bonds. The molecular weight excluding hydrogens is 456 g/mol. The molecule has 1 atom stereocenters. The summed E-state index contributed by atoms with van der Waals surface area (Å²) in [6.45, 7) is 1.80. The van der Waals surface area contributed by atoms with Crippen LogP contribution in [0, 0.1) is 6.92 Å². The number of pyridine rings is 1. The number of Topliss-reactive ketones (excluding diaryl/α,β-unsaturated/α-hetero) is 1. The molecule has 0 fully saturated rings. The van der Waals surface area contributed by atoms with Gasteiger partial charge in [-0.2, -0.15) is 0 Å². The van der Waals surface area contributed by atoms with Gasteiger partial charge in [0.25, 0.3) is 5.91 Å². The number of ketones is 1. The van der Waals surface area contributed by atoms with Crippen molar-refractivity contribution >= 4 is 39.9 Å². The number of hydrogen-bond acceptors (Lipinski definition) is 6. The van der Waals surface area contributed by atoms with Crippen molar-refractivity contribution in [2.24, 2.45) is 0 Å². The first-order valence-corrected chi connectivity index (χ1v) is 10.8. The number of carbonyl (C=O) groups is 2. The number of benzene rings is 2. The number of hydrogen-bond donors (Lipinski definition) is 1. The molecule has 2 aromatic carbocycles. The van der Waals surface area contributed by atoms with Crippen molar-refractivity contribution in [1.29, 1.82) is 0 Å². The van der Waals surface area contributed by atoms with Crippen LogP contribution in [0.4, 0.5) is 5.69 Å². The lowest BCUT2D eigenvalue weighted by Crippen LogP contribution is -2.31. The van der Waals surface area contributed by atoms with E-state index in [4.69, 9.17) is 20.8 Å². The van der Waals surface area contributed by atoms with Crippen molar-refractivity contribution in [1.82, 2.24) is 4.98 Å². The third kappa shape index (κ3) is 3.41. The van der Waals surface area contributed by atoms with E-state index in [9.17, 15) is 14.7 Å². The smallest absolute Gasteiger partial charge is 0.294 e. The third-order valence-electron chi connectivity index (χ3n) is 5.82. The van der Waals surface area contributed by atoms with Crippen LogP contribution >= 0.6 is 11.6 Å². The van der Waals surface area contributed by atoms with Crippen molar-refractivity contribution in [3.05, 3.63) is 100 Å². The molecule has 2 aromatic heterocycles. The van der Waals surface area contributed by atoms with E-state index in [0.717, 1.165) is 0 Å². The number of anilines is 1. The van der Waals surface area contributed by atoms with Gasteiger partial charge < -0.3 is 14.3 Å². The molecule has 4 aromatic rings. The minimum Gasteiger partial charge on any atom is -0.503 e. The van der Waals surface area contributed by atoms with E-state index in [0.29, 0.717) is 38.6 Å². The predicted octanol–water partition coefficient (Wildman–Crippen LogP) is 5.58. The molecule has 34 heavy (non-hydrogen) atoms. The van der Waals surface area contributed by atoms with Crippen molar-refractivity contribution in [3.63, 3.8) is 0 Å². The van der Waals surface area contributed by atoms with Crippen molar-refractivity contribution in [2.75, 3.05) is 12.0 Å². The normalized spacial score (nSPS) is 15.9. The number of aliphatic hydroxyl groups is 1. The quantitative estimate of drug-likeness (QED) is 0.379. The minimum absolute atomic E-state index is 0.0163. The Morgan fingerprint density at radius 2 is 2.00 bits per heavy atom. The molecule has 1 unspecified atom stereocenters. The molecule has 1 aliphatic heterocycles. The van der Waals surface area contributed by atoms with E-state index in [2.05, 4.69) is 4.98 Å². The molecule has 5 rings (SSSR count). The fraction of sp³-hybridized carbons (Fsp3) is 0.115. The van der Waals surface area contributed by atoms with Gasteiger partial charge in [0.05, 0.1) is 18.7 Å². The number of furan rings is 1. The van der Waals surface area contributed by atoms with Gasteiger partial charge in [0.2, 0.25) is 5.78 Å². The number of amides is 1. The van der Waals surface area contributed by atoms with Crippen LogP contribution in [0.3, 0.4) is 0 Å². The van der Waals surface area contributed by atoms with E-state index in [1.165, 1.54) is 12.0 Å². The zero-order chi connectivity index (χ0) is 24.0. The number of nitrogens with zero attached hydrogens (tertiary/aromatic N) is 2. The Morgan fingerprint density at radius 1 is 1.18 bits per heavy atom. The van der Waals surface area contributed by atoms with Crippen molar-refractivity contribution in [3.8, 4) is 5.75 Å². The van der Waals surface area contributed by atoms with Crippen LogP contribution in [-0.2, 0) is 4.79 Å². The summed E-state index contributed by atoms with van der Waals surface area (Å²) in [5.74, 6) is -1.49. The molecule has 0 saturated carbocycles. The van der Waals surface area contributed by atoms with Crippen LogP contribution in [0.2, 0.25) is 5.02 Å². The Balaban J connectivity index is 1.67. The first-order valence-electron chi connectivity index (χ1n) is 10.4. The summed E-state index contributed by atoms with van der Waals surface area (Å²) >= 11 is 6.11. The summed E-state index contributed by atoms with van der Waals surface area (Å²) in [7, 11) is 1.51. The second kappa shape index (κ2) is 8.35. The van der Waals surface area contributed by atoms with Gasteiger partial charge in [-0.3, -0.25) is 19.5 Å². The SMILES string of the molecule is COc1cccc2cc(C(=O)C3=C(O)C(=O)N(c4ccc(Cl)cc4C)C3c3cccnc3)oc12. The average molecular weight is 475 g/mol. The van der Waals surface area contributed by atoms with Gasteiger partial charge in [0.1, 0.15) is 0 Å². The van der Waals surface area contributed by atoms with Gasteiger partial charge in [-0.05, 0) is 54.4 Å². The molecule has 1 N–H and O–H groups in total. The molecule has 1 aliphatic rings. The highest BCUT2D eigenvalue weighted by atomic mass is 35.5. The molecule has 0 aliphatic carbocycles. The molecular formula is C26H19ClN2O5. The lowest BCUT2D eigenvalue weighted by Gasteiger charge is -2.28. The van der Waals surface area contributed by atoms with Crippen molar-refractivity contribution in [2.45, 2.75) is 13.0 Å². The number of para-hydroxylation sites is 1. The first kappa shape index (κ1) is 21.7. The zero-order valence-corrected chi connectivity index (χ0v) is 19.0.